The molecule has 1 aromatic carbocycles. The van der Waals surface area contributed by atoms with Gasteiger partial charge in [0.1, 0.15) is 0 Å². The molecule has 0 bridgehead atoms. The highest BCUT2D eigenvalue weighted by molar-refractivity contribution is 7.93. The summed E-state index contributed by atoms with van der Waals surface area (Å²) in [5.74, 6) is 0.526. The van der Waals surface area contributed by atoms with E-state index in [0.29, 0.717) is 17.6 Å². The lowest BCUT2D eigenvalue weighted by Gasteiger charge is -2.07. The minimum absolute atomic E-state index is 0.262. The number of sulfonamides is 1. The third kappa shape index (κ3) is 3.42. The fourth-order valence-corrected chi connectivity index (χ4v) is 4.22. The van der Waals surface area contributed by atoms with Gasteiger partial charge >= 0.3 is 0 Å². The first-order chi connectivity index (χ1) is 10.1. The van der Waals surface area contributed by atoms with E-state index >= 15 is 0 Å². The second-order valence-corrected chi connectivity index (χ2v) is 7.68. The van der Waals surface area contributed by atoms with E-state index in [4.69, 9.17) is 0 Å². The van der Waals surface area contributed by atoms with E-state index in [0.717, 1.165) is 24.1 Å². The third-order valence-electron chi connectivity index (χ3n) is 3.33. The molecule has 0 saturated heterocycles. The lowest BCUT2D eigenvalue weighted by atomic mass is 10.2. The van der Waals surface area contributed by atoms with Crippen molar-refractivity contribution in [2.45, 2.75) is 30.2 Å². The van der Waals surface area contributed by atoms with Crippen molar-refractivity contribution in [2.24, 2.45) is 0 Å². The van der Waals surface area contributed by atoms with Crippen LogP contribution in [0.1, 0.15) is 30.0 Å². The molecule has 1 fully saturated rings. The van der Waals surface area contributed by atoms with E-state index in [1.54, 1.807) is 18.2 Å². The van der Waals surface area contributed by atoms with E-state index in [2.05, 4.69) is 15.0 Å². The predicted octanol–water partition coefficient (Wildman–Crippen LogP) is 2.54. The molecule has 21 heavy (non-hydrogen) atoms. The molecule has 1 saturated carbocycles. The lowest BCUT2D eigenvalue weighted by molar-refractivity contribution is 0.601. The minimum atomic E-state index is -3.58. The smallest absolute Gasteiger partial charge is 0.263 e. The zero-order valence-corrected chi connectivity index (χ0v) is 13.3. The molecule has 0 amide bonds. The molecule has 2 N–H and O–H groups in total. The highest BCUT2D eigenvalue weighted by atomic mass is 32.2. The van der Waals surface area contributed by atoms with Crippen molar-refractivity contribution in [3.05, 3.63) is 40.9 Å². The first-order valence-corrected chi connectivity index (χ1v) is 9.16. The Morgan fingerprint density at radius 3 is 2.90 bits per heavy atom. The van der Waals surface area contributed by atoms with Crippen molar-refractivity contribution >= 4 is 26.5 Å². The fraction of sp³-hybridized carbons (Fsp3) is 0.357. The van der Waals surface area contributed by atoms with Crippen LogP contribution in [0.15, 0.2) is 34.5 Å². The highest BCUT2D eigenvalue weighted by Crippen LogP contribution is 2.41. The lowest BCUT2D eigenvalue weighted by Crippen LogP contribution is -2.14. The normalized spacial score (nSPS) is 15.1. The van der Waals surface area contributed by atoms with E-state index in [1.165, 1.54) is 11.3 Å². The molecule has 2 aromatic rings. The maximum absolute atomic E-state index is 12.4. The number of anilines is 1. The molecule has 0 unspecified atom stereocenters. The largest absolute Gasteiger partial charge is 0.316 e. The van der Waals surface area contributed by atoms with Crippen LogP contribution in [0.4, 0.5) is 5.13 Å². The Morgan fingerprint density at radius 1 is 1.38 bits per heavy atom. The van der Waals surface area contributed by atoms with Crippen LogP contribution in [0.3, 0.4) is 0 Å². The third-order valence-corrected chi connectivity index (χ3v) is 5.57. The second kappa shape index (κ2) is 5.75. The van der Waals surface area contributed by atoms with Crippen LogP contribution in [-0.2, 0) is 16.6 Å². The highest BCUT2D eigenvalue weighted by Gasteiger charge is 2.26. The van der Waals surface area contributed by atoms with Gasteiger partial charge in [0, 0.05) is 17.8 Å². The van der Waals surface area contributed by atoms with Crippen molar-refractivity contribution in [2.75, 3.05) is 11.8 Å². The number of hydrogen-bond donors (Lipinski definition) is 2. The number of nitrogens with one attached hydrogen (secondary N) is 2. The van der Waals surface area contributed by atoms with Crippen molar-refractivity contribution < 1.29 is 8.42 Å². The Hall–Kier alpha value is -1.44. The van der Waals surface area contributed by atoms with Gasteiger partial charge in [0.05, 0.1) is 10.6 Å². The van der Waals surface area contributed by atoms with Gasteiger partial charge < -0.3 is 5.32 Å². The average Bonchev–Trinajstić information content (AvgIpc) is 3.20. The summed E-state index contributed by atoms with van der Waals surface area (Å²) in [5.41, 5.74) is 1.93. The first kappa shape index (κ1) is 14.5. The summed E-state index contributed by atoms with van der Waals surface area (Å²) in [5, 5.41) is 5.39. The van der Waals surface area contributed by atoms with Gasteiger partial charge in [-0.05, 0) is 37.6 Å². The van der Waals surface area contributed by atoms with Crippen molar-refractivity contribution in [3.8, 4) is 0 Å². The maximum atomic E-state index is 12.4. The minimum Gasteiger partial charge on any atom is -0.316 e. The van der Waals surface area contributed by atoms with Crippen LogP contribution in [0.25, 0.3) is 0 Å². The molecule has 112 valence electrons. The van der Waals surface area contributed by atoms with Crippen LogP contribution < -0.4 is 10.0 Å². The van der Waals surface area contributed by atoms with E-state index < -0.39 is 10.0 Å². The molecular formula is C14H17N3O2S2. The second-order valence-electron chi connectivity index (χ2n) is 5.14. The van der Waals surface area contributed by atoms with Gasteiger partial charge in [-0.25, -0.2) is 13.4 Å². The molecule has 0 radical (unpaired) electrons. The Bertz CT molecular complexity index is 736. The topological polar surface area (TPSA) is 71.1 Å². The Morgan fingerprint density at radius 2 is 2.19 bits per heavy atom. The molecule has 1 aliphatic carbocycles. The van der Waals surface area contributed by atoms with Crippen LogP contribution >= 0.6 is 11.3 Å². The summed E-state index contributed by atoms with van der Waals surface area (Å²) in [6.07, 6.45) is 2.31. The SMILES string of the molecule is CNCc1cccc(S(=O)(=O)Nc2nc(C3CC3)cs2)c1. The quantitative estimate of drug-likeness (QED) is 0.857. The predicted molar refractivity (Wildman–Crippen MR) is 84.1 cm³/mol. The number of nitrogens with zero attached hydrogens (tertiary/aromatic N) is 1. The summed E-state index contributed by atoms with van der Waals surface area (Å²) in [6.45, 7) is 0.631. The van der Waals surface area contributed by atoms with Gasteiger partial charge in [-0.15, -0.1) is 11.3 Å². The maximum Gasteiger partial charge on any atom is 0.263 e. The molecule has 1 aliphatic rings. The molecular weight excluding hydrogens is 306 g/mol. The Kier molecular flexibility index (Phi) is 3.97. The Labute approximate surface area is 128 Å². The van der Waals surface area contributed by atoms with Crippen LogP contribution in [0, 0.1) is 0 Å². The molecule has 0 atom stereocenters. The van der Waals surface area contributed by atoms with E-state index in [-0.39, 0.29) is 4.90 Å². The fourth-order valence-electron chi connectivity index (χ4n) is 2.10. The van der Waals surface area contributed by atoms with Crippen molar-refractivity contribution in [3.63, 3.8) is 0 Å². The standard InChI is InChI=1S/C14H17N3O2S2/c1-15-8-10-3-2-4-12(7-10)21(18,19)17-14-16-13(9-20-14)11-5-6-11/h2-4,7,9,11,15H,5-6,8H2,1H3,(H,16,17). The zero-order valence-electron chi connectivity index (χ0n) is 11.7. The van der Waals surface area contributed by atoms with Gasteiger partial charge in [0.25, 0.3) is 10.0 Å². The summed E-state index contributed by atoms with van der Waals surface area (Å²) in [7, 11) is -1.75. The summed E-state index contributed by atoms with van der Waals surface area (Å²) < 4.78 is 27.3. The summed E-state index contributed by atoms with van der Waals surface area (Å²) in [6, 6.07) is 6.91. The average molecular weight is 323 g/mol. The molecule has 3 rings (SSSR count). The molecule has 0 spiro atoms. The number of thiazole rings is 1. The first-order valence-electron chi connectivity index (χ1n) is 6.80. The molecule has 5 nitrogen and oxygen atoms in total. The van der Waals surface area contributed by atoms with Gasteiger partial charge in [0.2, 0.25) is 0 Å². The number of benzene rings is 1. The van der Waals surface area contributed by atoms with Crippen molar-refractivity contribution in [1.82, 2.24) is 10.3 Å². The van der Waals surface area contributed by atoms with Gasteiger partial charge in [-0.2, -0.15) is 0 Å². The zero-order chi connectivity index (χ0) is 14.9. The summed E-state index contributed by atoms with van der Waals surface area (Å²) in [4.78, 5) is 4.62. The van der Waals surface area contributed by atoms with Crippen molar-refractivity contribution in [1.29, 1.82) is 0 Å². The van der Waals surface area contributed by atoms with Gasteiger partial charge in [-0.3, -0.25) is 4.72 Å². The Balaban J connectivity index is 1.80. The van der Waals surface area contributed by atoms with Gasteiger partial charge in [-0.1, -0.05) is 12.1 Å². The number of aromatic nitrogens is 1. The van der Waals surface area contributed by atoms with E-state index in [9.17, 15) is 8.42 Å². The number of hydrogen-bond acceptors (Lipinski definition) is 5. The molecule has 1 aromatic heterocycles. The van der Waals surface area contributed by atoms with Crippen LogP contribution in [0.5, 0.6) is 0 Å². The molecule has 1 heterocycles. The van der Waals surface area contributed by atoms with Gasteiger partial charge in [0.15, 0.2) is 5.13 Å². The molecule has 7 heteroatoms. The van der Waals surface area contributed by atoms with Crippen LogP contribution in [-0.4, -0.2) is 20.4 Å². The molecule has 0 aliphatic heterocycles. The summed E-state index contributed by atoms with van der Waals surface area (Å²) >= 11 is 1.34. The van der Waals surface area contributed by atoms with E-state index in [1.807, 2.05) is 18.5 Å². The monoisotopic (exact) mass is 323 g/mol. The van der Waals surface area contributed by atoms with Crippen LogP contribution in [0.2, 0.25) is 0 Å². The number of rotatable bonds is 6.